The van der Waals surface area contributed by atoms with E-state index in [0.29, 0.717) is 12.1 Å². The number of nitrogens with two attached hydrogens (primary N) is 2. The van der Waals surface area contributed by atoms with Crippen molar-refractivity contribution >= 4 is 25.7 Å². The Labute approximate surface area is 108 Å². The molecule has 19 heavy (non-hydrogen) atoms. The van der Waals surface area contributed by atoms with Crippen molar-refractivity contribution in [3.05, 3.63) is 23.8 Å². The van der Waals surface area contributed by atoms with Gasteiger partial charge in [-0.3, -0.25) is 0 Å². The summed E-state index contributed by atoms with van der Waals surface area (Å²) in [5.41, 5.74) is 4.86. The number of benzene rings is 1. The second kappa shape index (κ2) is 5.36. The Morgan fingerprint density at radius 1 is 1.11 bits per heavy atom. The minimum absolute atomic E-state index is 0.279. The Morgan fingerprint density at radius 3 is 2.00 bits per heavy atom. The highest BCUT2D eigenvalue weighted by molar-refractivity contribution is 7.90. The van der Waals surface area contributed by atoms with Gasteiger partial charge >= 0.3 is 0 Å². The first-order valence-corrected chi connectivity index (χ1v) is 7.97. The molecule has 11 heteroatoms. The highest BCUT2D eigenvalue weighted by Crippen LogP contribution is 2.21. The van der Waals surface area contributed by atoms with Crippen LogP contribution in [0.4, 0.5) is 14.5 Å². The molecule has 0 saturated carbocycles. The molecule has 108 valence electrons. The van der Waals surface area contributed by atoms with E-state index in [-0.39, 0.29) is 5.69 Å². The number of nitrogen functional groups attached to an aromatic ring is 1. The Hall–Kier alpha value is -1.30. The van der Waals surface area contributed by atoms with E-state index in [2.05, 4.69) is 5.14 Å². The Kier molecular flexibility index (Phi) is 4.45. The summed E-state index contributed by atoms with van der Waals surface area (Å²) < 4.78 is 72.9. The third-order valence-electron chi connectivity index (χ3n) is 1.97. The number of nitrogens with one attached hydrogen (secondary N) is 1. The predicted molar refractivity (Wildman–Crippen MR) is 63.9 cm³/mol. The van der Waals surface area contributed by atoms with Crippen molar-refractivity contribution in [3.8, 4) is 0 Å². The van der Waals surface area contributed by atoms with Gasteiger partial charge in [-0.2, -0.15) is 0 Å². The van der Waals surface area contributed by atoms with E-state index >= 15 is 0 Å². The topological polar surface area (TPSA) is 132 Å². The molecule has 0 atom stereocenters. The van der Waals surface area contributed by atoms with Crippen LogP contribution in [-0.4, -0.2) is 29.1 Å². The Balaban J connectivity index is 3.02. The van der Waals surface area contributed by atoms with Gasteiger partial charge in [0, 0.05) is 12.2 Å². The Bertz CT molecular complexity index is 665. The van der Waals surface area contributed by atoms with Crippen LogP contribution in [-0.2, 0) is 20.0 Å². The van der Waals surface area contributed by atoms with Crippen molar-refractivity contribution in [3.63, 3.8) is 0 Å². The van der Waals surface area contributed by atoms with Gasteiger partial charge in [-0.25, -0.2) is 35.5 Å². The number of halogens is 2. The predicted octanol–water partition coefficient (Wildman–Crippen LogP) is -0.886. The molecule has 0 saturated heterocycles. The van der Waals surface area contributed by atoms with Crippen molar-refractivity contribution in [1.82, 2.24) is 4.72 Å². The first kappa shape index (κ1) is 15.8. The minimum atomic E-state index is -4.54. The smallest absolute Gasteiger partial charge is 0.246 e. The molecule has 0 amide bonds. The zero-order chi connectivity index (χ0) is 14.8. The lowest BCUT2D eigenvalue weighted by Gasteiger charge is -2.08. The maximum absolute atomic E-state index is 13.4. The third-order valence-corrected chi connectivity index (χ3v) is 4.25. The van der Waals surface area contributed by atoms with Gasteiger partial charge in [-0.1, -0.05) is 0 Å². The molecule has 0 radical (unpaired) electrons. The normalized spacial score (nSPS) is 12.6. The van der Waals surface area contributed by atoms with Crippen LogP contribution < -0.4 is 15.6 Å². The van der Waals surface area contributed by atoms with Gasteiger partial charge in [-0.05, 0) is 12.1 Å². The summed E-state index contributed by atoms with van der Waals surface area (Å²) in [6.45, 7) is -0.607. The average molecular weight is 315 g/mol. The van der Waals surface area contributed by atoms with Crippen LogP contribution in [0.1, 0.15) is 0 Å². The molecule has 7 nitrogen and oxygen atoms in total. The van der Waals surface area contributed by atoms with E-state index in [0.717, 1.165) is 0 Å². The molecule has 0 fully saturated rings. The number of rotatable bonds is 5. The molecule has 0 aliphatic heterocycles. The minimum Gasteiger partial charge on any atom is -0.399 e. The van der Waals surface area contributed by atoms with Crippen molar-refractivity contribution in [1.29, 1.82) is 0 Å². The van der Waals surface area contributed by atoms with Crippen molar-refractivity contribution in [2.75, 3.05) is 18.0 Å². The average Bonchev–Trinajstić information content (AvgIpc) is 2.11. The molecule has 0 aromatic heterocycles. The fraction of sp³-hybridized carbons (Fsp3) is 0.250. The summed E-state index contributed by atoms with van der Waals surface area (Å²) in [7, 11) is -8.43. The summed E-state index contributed by atoms with van der Waals surface area (Å²) in [6, 6.07) is 1.27. The van der Waals surface area contributed by atoms with E-state index in [4.69, 9.17) is 5.73 Å². The molecule has 0 aliphatic carbocycles. The van der Waals surface area contributed by atoms with E-state index < -0.39 is 48.9 Å². The van der Waals surface area contributed by atoms with Crippen LogP contribution in [0, 0.1) is 11.6 Å². The summed E-state index contributed by atoms with van der Waals surface area (Å²) in [5, 5.41) is 4.66. The largest absolute Gasteiger partial charge is 0.399 e. The zero-order valence-electron chi connectivity index (χ0n) is 9.43. The molecule has 0 spiro atoms. The van der Waals surface area contributed by atoms with Gasteiger partial charge in [-0.15, -0.1) is 0 Å². The van der Waals surface area contributed by atoms with Gasteiger partial charge in [0.2, 0.25) is 20.0 Å². The Morgan fingerprint density at radius 2 is 1.58 bits per heavy atom. The molecule has 1 aromatic rings. The van der Waals surface area contributed by atoms with Gasteiger partial charge in [0.25, 0.3) is 0 Å². The third kappa shape index (κ3) is 4.38. The first-order chi connectivity index (χ1) is 8.53. The lowest BCUT2D eigenvalue weighted by atomic mass is 10.3. The zero-order valence-corrected chi connectivity index (χ0v) is 11.1. The highest BCUT2D eigenvalue weighted by Gasteiger charge is 2.24. The summed E-state index contributed by atoms with van der Waals surface area (Å²) in [4.78, 5) is -1.23. The molecule has 0 aliphatic rings. The van der Waals surface area contributed by atoms with Gasteiger partial charge < -0.3 is 5.73 Å². The monoisotopic (exact) mass is 315 g/mol. The van der Waals surface area contributed by atoms with Gasteiger partial charge in [0.05, 0.1) is 5.75 Å². The van der Waals surface area contributed by atoms with E-state index in [1.54, 1.807) is 4.72 Å². The SMILES string of the molecule is Nc1cc(F)c(S(=O)(=O)NCCS(N)(=O)=O)c(F)c1. The number of anilines is 1. The van der Waals surface area contributed by atoms with Gasteiger partial charge in [0.1, 0.15) is 11.6 Å². The van der Waals surface area contributed by atoms with Crippen LogP contribution >= 0.6 is 0 Å². The van der Waals surface area contributed by atoms with Crippen LogP contribution in [0.25, 0.3) is 0 Å². The molecular formula is C8H11F2N3O4S2. The molecule has 1 aromatic carbocycles. The van der Waals surface area contributed by atoms with E-state index in [9.17, 15) is 25.6 Å². The molecule has 0 bridgehead atoms. The quantitative estimate of drug-likeness (QED) is 0.607. The van der Waals surface area contributed by atoms with Crippen LogP contribution in [0.5, 0.6) is 0 Å². The van der Waals surface area contributed by atoms with Crippen LogP contribution in [0.2, 0.25) is 0 Å². The van der Waals surface area contributed by atoms with E-state index in [1.807, 2.05) is 0 Å². The standard InChI is InChI=1S/C8H11F2N3O4S2/c9-6-3-5(11)4-7(10)8(6)19(16,17)13-1-2-18(12,14)15/h3-4,13H,1-2,11H2,(H2,12,14,15). The highest BCUT2D eigenvalue weighted by atomic mass is 32.2. The maximum Gasteiger partial charge on any atom is 0.246 e. The lowest BCUT2D eigenvalue weighted by molar-refractivity contribution is 0.515. The molecule has 0 unspecified atom stereocenters. The molecule has 0 heterocycles. The molecule has 1 rings (SSSR count). The fourth-order valence-corrected chi connectivity index (χ4v) is 2.89. The number of hydrogen-bond donors (Lipinski definition) is 3. The summed E-state index contributed by atoms with van der Waals surface area (Å²) in [5.74, 6) is -3.45. The van der Waals surface area contributed by atoms with Crippen molar-refractivity contribution in [2.45, 2.75) is 4.90 Å². The van der Waals surface area contributed by atoms with Crippen LogP contribution in [0.3, 0.4) is 0 Å². The number of sulfonamides is 2. The van der Waals surface area contributed by atoms with Crippen molar-refractivity contribution in [2.24, 2.45) is 5.14 Å². The van der Waals surface area contributed by atoms with E-state index in [1.165, 1.54) is 0 Å². The lowest BCUT2D eigenvalue weighted by Crippen LogP contribution is -2.32. The summed E-state index contributed by atoms with van der Waals surface area (Å²) in [6.07, 6.45) is 0. The fourth-order valence-electron chi connectivity index (χ4n) is 1.23. The summed E-state index contributed by atoms with van der Waals surface area (Å²) >= 11 is 0. The first-order valence-electron chi connectivity index (χ1n) is 4.77. The van der Waals surface area contributed by atoms with Crippen molar-refractivity contribution < 1.29 is 25.6 Å². The van der Waals surface area contributed by atoms with Crippen LogP contribution in [0.15, 0.2) is 17.0 Å². The molecular weight excluding hydrogens is 304 g/mol. The number of primary sulfonamides is 1. The second-order valence-electron chi connectivity index (χ2n) is 3.58. The number of hydrogen-bond acceptors (Lipinski definition) is 5. The molecule has 5 N–H and O–H groups in total. The maximum atomic E-state index is 13.4. The van der Waals surface area contributed by atoms with Gasteiger partial charge in [0.15, 0.2) is 4.90 Å². The second-order valence-corrected chi connectivity index (χ2v) is 7.02.